The van der Waals surface area contributed by atoms with Crippen molar-refractivity contribution in [3.63, 3.8) is 0 Å². The van der Waals surface area contributed by atoms with E-state index in [2.05, 4.69) is 62.6 Å². The Morgan fingerprint density at radius 1 is 0.939 bits per heavy atom. The van der Waals surface area contributed by atoms with Gasteiger partial charge in [0.05, 0.1) is 6.04 Å². The molecule has 3 N–H and O–H groups in total. The Kier molecular flexibility index (Phi) is 12.0. The summed E-state index contributed by atoms with van der Waals surface area (Å²) in [7, 11) is 0. The van der Waals surface area contributed by atoms with Gasteiger partial charge in [0.1, 0.15) is 5.75 Å². The average Bonchev–Trinajstić information content (AvgIpc) is 2.80. The van der Waals surface area contributed by atoms with Crippen LogP contribution >= 0.6 is 0 Å². The van der Waals surface area contributed by atoms with Crippen molar-refractivity contribution < 1.29 is 9.90 Å². The Morgan fingerprint density at radius 2 is 1.64 bits per heavy atom. The summed E-state index contributed by atoms with van der Waals surface area (Å²) >= 11 is 0. The Morgan fingerprint density at radius 3 is 2.27 bits per heavy atom. The van der Waals surface area contributed by atoms with E-state index in [0.717, 1.165) is 31.4 Å². The second-order valence-electron chi connectivity index (χ2n) is 9.94. The number of nitrogens with one attached hydrogen (secondary N) is 2. The van der Waals surface area contributed by atoms with Crippen LogP contribution in [0.25, 0.3) is 0 Å². The lowest BCUT2D eigenvalue weighted by Gasteiger charge is -2.26. The number of hydrogen-bond acceptors (Lipinski definition) is 3. The lowest BCUT2D eigenvalue weighted by atomic mass is 9.96. The van der Waals surface area contributed by atoms with E-state index in [0.29, 0.717) is 18.3 Å². The van der Waals surface area contributed by atoms with Gasteiger partial charge in [-0.3, -0.25) is 4.79 Å². The molecule has 2 aromatic carbocycles. The Balaban J connectivity index is 2.05. The number of benzene rings is 2. The molecular formula is C29H44N2O2. The molecule has 0 aliphatic carbocycles. The van der Waals surface area contributed by atoms with Gasteiger partial charge in [-0.25, -0.2) is 0 Å². The number of unbranched alkanes of at least 4 members (excludes halogenated alkanes) is 1. The molecule has 0 saturated heterocycles. The molecule has 2 aromatic rings. The lowest BCUT2D eigenvalue weighted by molar-refractivity contribution is -0.124. The summed E-state index contributed by atoms with van der Waals surface area (Å²) in [6.45, 7) is 9.71. The van der Waals surface area contributed by atoms with Crippen LogP contribution in [0.2, 0.25) is 0 Å². The lowest BCUT2D eigenvalue weighted by Crippen LogP contribution is -2.50. The molecule has 0 unspecified atom stereocenters. The van der Waals surface area contributed by atoms with Gasteiger partial charge in [-0.1, -0.05) is 83.0 Å². The van der Waals surface area contributed by atoms with Crippen LogP contribution < -0.4 is 10.6 Å². The van der Waals surface area contributed by atoms with Crippen LogP contribution in [0.4, 0.5) is 0 Å². The topological polar surface area (TPSA) is 61.4 Å². The third-order valence-corrected chi connectivity index (χ3v) is 6.18. The molecule has 0 aliphatic rings. The minimum absolute atomic E-state index is 0.0736. The fourth-order valence-electron chi connectivity index (χ4n) is 4.23. The molecule has 0 radical (unpaired) electrons. The van der Waals surface area contributed by atoms with Gasteiger partial charge in [-0.15, -0.1) is 0 Å². The Bertz CT molecular complexity index is 789. The van der Waals surface area contributed by atoms with Crippen LogP contribution in [0.5, 0.6) is 5.75 Å². The fraction of sp³-hybridized carbons (Fsp3) is 0.552. The summed E-state index contributed by atoms with van der Waals surface area (Å²) in [5.41, 5.74) is 2.36. The Hall–Kier alpha value is -2.33. The zero-order valence-corrected chi connectivity index (χ0v) is 21.0. The van der Waals surface area contributed by atoms with E-state index in [1.165, 1.54) is 24.8 Å². The van der Waals surface area contributed by atoms with Gasteiger partial charge in [0.25, 0.3) is 0 Å². The molecule has 3 atom stereocenters. The molecule has 0 saturated carbocycles. The highest BCUT2D eigenvalue weighted by Gasteiger charge is 2.23. The zero-order valence-electron chi connectivity index (χ0n) is 21.0. The number of carbonyl (C=O) groups excluding carboxylic acids is 1. The summed E-state index contributed by atoms with van der Waals surface area (Å²) < 4.78 is 0. The first kappa shape index (κ1) is 26.9. The third-order valence-electron chi connectivity index (χ3n) is 6.18. The van der Waals surface area contributed by atoms with Crippen LogP contribution in [0.15, 0.2) is 54.6 Å². The standard InChI is InChI=1S/C29H44N2O2/c1-5-6-10-23(4)21-30-28(20-25-14-17-27(32)18-15-25)29(33)31-26(19-22(2)3)16-13-24-11-8-7-9-12-24/h7-9,11-12,14-15,17-18,22-23,26,28,30,32H,5-6,10,13,16,19-21H2,1-4H3,(H,31,33)/t23-,26+,28-/m0/s1. The van der Waals surface area contributed by atoms with E-state index in [9.17, 15) is 9.90 Å². The molecule has 33 heavy (non-hydrogen) atoms. The van der Waals surface area contributed by atoms with E-state index in [1.54, 1.807) is 12.1 Å². The minimum atomic E-state index is -0.287. The number of phenolic OH excluding ortho intramolecular Hbond substituents is 1. The number of carbonyl (C=O) groups is 1. The summed E-state index contributed by atoms with van der Waals surface area (Å²) in [5.74, 6) is 1.37. The summed E-state index contributed by atoms with van der Waals surface area (Å²) in [6.07, 6.45) is 7.06. The zero-order chi connectivity index (χ0) is 24.1. The summed E-state index contributed by atoms with van der Waals surface area (Å²) in [4.78, 5) is 13.4. The van der Waals surface area contributed by atoms with Crippen LogP contribution in [0.1, 0.15) is 70.9 Å². The molecule has 4 heteroatoms. The smallest absolute Gasteiger partial charge is 0.237 e. The SMILES string of the molecule is CCCC[C@H](C)CN[C@@H](Cc1ccc(O)cc1)C(=O)N[C@H](CCc1ccccc1)CC(C)C. The third kappa shape index (κ3) is 10.9. The van der Waals surface area contributed by atoms with Crippen molar-refractivity contribution in [1.82, 2.24) is 10.6 Å². The molecule has 0 spiro atoms. The highest BCUT2D eigenvalue weighted by atomic mass is 16.3. The summed E-state index contributed by atoms with van der Waals surface area (Å²) in [5, 5.41) is 16.5. The van der Waals surface area contributed by atoms with E-state index in [1.807, 2.05) is 18.2 Å². The minimum Gasteiger partial charge on any atom is -0.508 e. The quantitative estimate of drug-likeness (QED) is 0.316. The van der Waals surface area contributed by atoms with E-state index < -0.39 is 0 Å². The first-order valence-corrected chi connectivity index (χ1v) is 12.7. The molecule has 2 rings (SSSR count). The number of rotatable bonds is 15. The van der Waals surface area contributed by atoms with Gasteiger partial charge >= 0.3 is 0 Å². The summed E-state index contributed by atoms with van der Waals surface area (Å²) in [6, 6.07) is 17.5. The molecule has 0 heterocycles. The fourth-order valence-corrected chi connectivity index (χ4v) is 4.23. The molecule has 0 aromatic heterocycles. The number of aryl methyl sites for hydroxylation is 1. The largest absolute Gasteiger partial charge is 0.508 e. The number of hydrogen-bond donors (Lipinski definition) is 3. The monoisotopic (exact) mass is 452 g/mol. The molecule has 0 fully saturated rings. The second kappa shape index (κ2) is 14.7. The normalized spacial score (nSPS) is 14.1. The number of phenols is 1. The molecular weight excluding hydrogens is 408 g/mol. The van der Waals surface area contributed by atoms with Gasteiger partial charge in [-0.2, -0.15) is 0 Å². The molecule has 0 bridgehead atoms. The van der Waals surface area contributed by atoms with Crippen molar-refractivity contribution in [2.24, 2.45) is 11.8 Å². The van der Waals surface area contributed by atoms with Crippen molar-refractivity contribution in [3.05, 3.63) is 65.7 Å². The maximum absolute atomic E-state index is 13.4. The second-order valence-corrected chi connectivity index (χ2v) is 9.94. The van der Waals surface area contributed by atoms with Gasteiger partial charge < -0.3 is 15.7 Å². The maximum Gasteiger partial charge on any atom is 0.237 e. The van der Waals surface area contributed by atoms with E-state index in [-0.39, 0.29) is 23.7 Å². The first-order chi connectivity index (χ1) is 15.9. The number of amides is 1. The van der Waals surface area contributed by atoms with Crippen LogP contribution in [-0.4, -0.2) is 29.6 Å². The van der Waals surface area contributed by atoms with Crippen molar-refractivity contribution in [2.45, 2.75) is 84.7 Å². The van der Waals surface area contributed by atoms with Gasteiger partial charge in [-0.05, 0) is 73.7 Å². The first-order valence-electron chi connectivity index (χ1n) is 12.7. The van der Waals surface area contributed by atoms with Gasteiger partial charge in [0, 0.05) is 6.04 Å². The van der Waals surface area contributed by atoms with Crippen LogP contribution in [0.3, 0.4) is 0 Å². The van der Waals surface area contributed by atoms with Crippen LogP contribution in [-0.2, 0) is 17.6 Å². The van der Waals surface area contributed by atoms with Crippen LogP contribution in [0, 0.1) is 11.8 Å². The molecule has 4 nitrogen and oxygen atoms in total. The Labute approximate surface area is 201 Å². The molecule has 182 valence electrons. The van der Waals surface area contributed by atoms with E-state index >= 15 is 0 Å². The van der Waals surface area contributed by atoms with Gasteiger partial charge in [0.2, 0.25) is 5.91 Å². The van der Waals surface area contributed by atoms with Crippen molar-refractivity contribution >= 4 is 5.91 Å². The van der Waals surface area contributed by atoms with Gasteiger partial charge in [0.15, 0.2) is 0 Å². The number of aromatic hydroxyl groups is 1. The average molecular weight is 453 g/mol. The predicted octanol–water partition coefficient (Wildman–Crippen LogP) is 5.88. The van der Waals surface area contributed by atoms with E-state index in [4.69, 9.17) is 0 Å². The maximum atomic E-state index is 13.4. The molecule has 0 aliphatic heterocycles. The predicted molar refractivity (Wildman–Crippen MR) is 138 cm³/mol. The molecule has 1 amide bonds. The van der Waals surface area contributed by atoms with Crippen molar-refractivity contribution in [1.29, 1.82) is 0 Å². The highest BCUT2D eigenvalue weighted by molar-refractivity contribution is 5.82. The van der Waals surface area contributed by atoms with Crippen molar-refractivity contribution in [2.75, 3.05) is 6.54 Å². The van der Waals surface area contributed by atoms with Crippen molar-refractivity contribution in [3.8, 4) is 5.75 Å². The highest BCUT2D eigenvalue weighted by Crippen LogP contribution is 2.15.